The molecule has 0 aliphatic heterocycles. The van der Waals surface area contributed by atoms with E-state index in [4.69, 9.17) is 0 Å². The second kappa shape index (κ2) is 5.83. The van der Waals surface area contributed by atoms with Crippen LogP contribution in [0.3, 0.4) is 0 Å². The topological polar surface area (TPSA) is 12.0 Å². The second-order valence-corrected chi connectivity index (χ2v) is 5.13. The Kier molecular flexibility index (Phi) is 4.32. The van der Waals surface area contributed by atoms with Crippen molar-refractivity contribution in [1.82, 2.24) is 0 Å². The highest BCUT2D eigenvalue weighted by Crippen LogP contribution is 2.30. The van der Waals surface area contributed by atoms with Crippen molar-refractivity contribution >= 4 is 21.6 Å². The summed E-state index contributed by atoms with van der Waals surface area (Å²) in [6, 6.07) is 9.22. The maximum absolute atomic E-state index is 13.2. The molecule has 2 aromatic rings. The van der Waals surface area contributed by atoms with Gasteiger partial charge in [0, 0.05) is 16.7 Å². The van der Waals surface area contributed by atoms with Gasteiger partial charge in [0.1, 0.15) is 5.82 Å². The molecule has 0 saturated heterocycles. The molecule has 0 radical (unpaired) electrons. The zero-order chi connectivity index (χ0) is 14.8. The molecular formula is C14H10BrF4N. The van der Waals surface area contributed by atoms with Gasteiger partial charge in [-0.3, -0.25) is 0 Å². The predicted molar refractivity (Wildman–Crippen MR) is 72.9 cm³/mol. The molecule has 20 heavy (non-hydrogen) atoms. The van der Waals surface area contributed by atoms with Gasteiger partial charge in [-0.25, -0.2) is 4.39 Å². The van der Waals surface area contributed by atoms with Gasteiger partial charge in [-0.15, -0.1) is 0 Å². The van der Waals surface area contributed by atoms with Gasteiger partial charge < -0.3 is 5.32 Å². The number of alkyl halides is 3. The molecule has 0 atom stereocenters. The summed E-state index contributed by atoms with van der Waals surface area (Å²) in [5.41, 5.74) is 0.248. The number of anilines is 1. The van der Waals surface area contributed by atoms with E-state index in [-0.39, 0.29) is 6.54 Å². The lowest BCUT2D eigenvalue weighted by Gasteiger charge is -2.11. The molecule has 0 aliphatic carbocycles. The first-order chi connectivity index (χ1) is 9.34. The third-order valence-corrected chi connectivity index (χ3v) is 3.07. The number of hydrogen-bond acceptors (Lipinski definition) is 1. The minimum absolute atomic E-state index is 0.234. The average molecular weight is 348 g/mol. The number of hydrogen-bond donors (Lipinski definition) is 1. The van der Waals surface area contributed by atoms with Gasteiger partial charge in [0.15, 0.2) is 0 Å². The molecule has 2 aromatic carbocycles. The van der Waals surface area contributed by atoms with Gasteiger partial charge in [0.25, 0.3) is 0 Å². The van der Waals surface area contributed by atoms with Crippen LogP contribution in [-0.2, 0) is 12.7 Å². The molecule has 0 saturated carbocycles. The van der Waals surface area contributed by atoms with E-state index in [2.05, 4.69) is 21.2 Å². The number of rotatable bonds is 3. The maximum atomic E-state index is 13.2. The molecule has 106 valence electrons. The Labute approximate surface area is 121 Å². The van der Waals surface area contributed by atoms with Crippen LogP contribution in [0.15, 0.2) is 46.9 Å². The van der Waals surface area contributed by atoms with Crippen LogP contribution < -0.4 is 5.32 Å². The molecular weight excluding hydrogens is 338 g/mol. The molecule has 0 spiro atoms. The standard InChI is InChI=1S/C14H10BrF4N/c15-11-4-9(5-12(16)7-11)8-20-13-3-1-2-10(6-13)14(17,18)19/h1-7,20H,8H2. The van der Waals surface area contributed by atoms with E-state index in [1.54, 1.807) is 6.07 Å². The van der Waals surface area contributed by atoms with Crippen molar-refractivity contribution in [3.63, 3.8) is 0 Å². The normalized spacial score (nSPS) is 11.4. The summed E-state index contributed by atoms with van der Waals surface area (Å²) in [6.07, 6.45) is -4.38. The SMILES string of the molecule is Fc1cc(Br)cc(CNc2cccc(C(F)(F)F)c2)c1. The molecule has 0 unspecified atom stereocenters. The minimum atomic E-state index is -4.38. The Bertz CT molecular complexity index is 590. The van der Waals surface area contributed by atoms with Crippen molar-refractivity contribution in [2.75, 3.05) is 5.32 Å². The largest absolute Gasteiger partial charge is 0.416 e. The highest BCUT2D eigenvalue weighted by molar-refractivity contribution is 9.10. The van der Waals surface area contributed by atoms with Crippen molar-refractivity contribution in [2.45, 2.75) is 12.7 Å². The van der Waals surface area contributed by atoms with E-state index in [0.717, 1.165) is 12.1 Å². The van der Waals surface area contributed by atoms with Crippen LogP contribution in [0.25, 0.3) is 0 Å². The second-order valence-electron chi connectivity index (χ2n) is 4.21. The van der Waals surface area contributed by atoms with Crippen molar-refractivity contribution in [3.8, 4) is 0 Å². The fourth-order valence-corrected chi connectivity index (χ4v) is 2.24. The molecule has 0 heterocycles. The lowest BCUT2D eigenvalue weighted by atomic mass is 10.1. The molecule has 6 heteroatoms. The van der Waals surface area contributed by atoms with Gasteiger partial charge in [-0.2, -0.15) is 13.2 Å². The summed E-state index contributed by atoms with van der Waals surface area (Å²) >= 11 is 3.16. The highest BCUT2D eigenvalue weighted by atomic mass is 79.9. The molecule has 2 rings (SSSR count). The Hall–Kier alpha value is -1.56. The van der Waals surface area contributed by atoms with Gasteiger partial charge >= 0.3 is 6.18 Å². The quantitative estimate of drug-likeness (QED) is 0.750. The average Bonchev–Trinajstić information content (AvgIpc) is 2.35. The predicted octanol–water partition coefficient (Wildman–Crippen LogP) is 5.22. The first-order valence-corrected chi connectivity index (χ1v) is 6.50. The summed E-state index contributed by atoms with van der Waals surface area (Å²) in [7, 11) is 0. The van der Waals surface area contributed by atoms with Crippen molar-refractivity contribution in [1.29, 1.82) is 0 Å². The Morgan fingerprint density at radius 3 is 2.45 bits per heavy atom. The summed E-state index contributed by atoms with van der Waals surface area (Å²) in [5, 5.41) is 2.84. The van der Waals surface area contributed by atoms with E-state index >= 15 is 0 Å². The monoisotopic (exact) mass is 347 g/mol. The van der Waals surface area contributed by atoms with E-state index in [1.165, 1.54) is 24.3 Å². The summed E-state index contributed by atoms with van der Waals surface area (Å²) in [4.78, 5) is 0. The Balaban J connectivity index is 2.11. The van der Waals surface area contributed by atoms with Crippen LogP contribution in [0.2, 0.25) is 0 Å². The summed E-state index contributed by atoms with van der Waals surface area (Å²) in [5.74, 6) is -0.403. The van der Waals surface area contributed by atoms with Crippen LogP contribution in [0.5, 0.6) is 0 Å². The molecule has 0 aliphatic rings. The highest BCUT2D eigenvalue weighted by Gasteiger charge is 2.30. The first kappa shape index (κ1) is 14.8. The van der Waals surface area contributed by atoms with Gasteiger partial charge in [-0.05, 0) is 42.0 Å². The first-order valence-electron chi connectivity index (χ1n) is 5.71. The van der Waals surface area contributed by atoms with Crippen LogP contribution in [0.1, 0.15) is 11.1 Å². The van der Waals surface area contributed by atoms with Crippen LogP contribution in [0, 0.1) is 5.82 Å². The summed E-state index contributed by atoms with van der Waals surface area (Å²) < 4.78 is 51.4. The lowest BCUT2D eigenvalue weighted by molar-refractivity contribution is -0.137. The van der Waals surface area contributed by atoms with E-state index in [0.29, 0.717) is 15.7 Å². The van der Waals surface area contributed by atoms with E-state index < -0.39 is 17.6 Å². The Morgan fingerprint density at radius 2 is 1.80 bits per heavy atom. The maximum Gasteiger partial charge on any atom is 0.416 e. The fraction of sp³-hybridized carbons (Fsp3) is 0.143. The fourth-order valence-electron chi connectivity index (χ4n) is 1.72. The van der Waals surface area contributed by atoms with Crippen LogP contribution in [-0.4, -0.2) is 0 Å². The van der Waals surface area contributed by atoms with Gasteiger partial charge in [-0.1, -0.05) is 22.0 Å². The zero-order valence-corrected chi connectivity index (χ0v) is 11.7. The number of halogens is 5. The molecule has 0 aromatic heterocycles. The van der Waals surface area contributed by atoms with Gasteiger partial charge in [0.2, 0.25) is 0 Å². The smallest absolute Gasteiger partial charge is 0.381 e. The van der Waals surface area contributed by atoms with Crippen molar-refractivity contribution < 1.29 is 17.6 Å². The summed E-state index contributed by atoms with van der Waals surface area (Å²) in [6.45, 7) is 0.234. The third-order valence-electron chi connectivity index (χ3n) is 2.61. The minimum Gasteiger partial charge on any atom is -0.381 e. The van der Waals surface area contributed by atoms with E-state index in [1.807, 2.05) is 0 Å². The Morgan fingerprint density at radius 1 is 1.05 bits per heavy atom. The van der Waals surface area contributed by atoms with E-state index in [9.17, 15) is 17.6 Å². The molecule has 1 N–H and O–H groups in total. The number of benzene rings is 2. The van der Waals surface area contributed by atoms with Crippen molar-refractivity contribution in [3.05, 3.63) is 63.9 Å². The molecule has 0 fully saturated rings. The molecule has 0 bridgehead atoms. The van der Waals surface area contributed by atoms with Gasteiger partial charge in [0.05, 0.1) is 5.56 Å². The number of nitrogens with one attached hydrogen (secondary N) is 1. The third kappa shape index (κ3) is 3.96. The van der Waals surface area contributed by atoms with Crippen LogP contribution >= 0.6 is 15.9 Å². The zero-order valence-electron chi connectivity index (χ0n) is 10.1. The molecule has 0 amide bonds. The lowest BCUT2D eigenvalue weighted by Crippen LogP contribution is -2.06. The molecule has 1 nitrogen and oxygen atoms in total. The van der Waals surface area contributed by atoms with Crippen molar-refractivity contribution in [2.24, 2.45) is 0 Å². The van der Waals surface area contributed by atoms with Crippen LogP contribution in [0.4, 0.5) is 23.2 Å².